The van der Waals surface area contributed by atoms with Crippen LogP contribution in [0.5, 0.6) is 0 Å². The summed E-state index contributed by atoms with van der Waals surface area (Å²) < 4.78 is 12.3. The summed E-state index contributed by atoms with van der Waals surface area (Å²) in [6, 6.07) is 4.87. The van der Waals surface area contributed by atoms with Crippen LogP contribution in [0.4, 0.5) is 4.39 Å². The van der Waals surface area contributed by atoms with Crippen molar-refractivity contribution in [1.82, 2.24) is 0 Å². The van der Waals surface area contributed by atoms with Crippen molar-refractivity contribution in [2.75, 3.05) is 0 Å². The van der Waals surface area contributed by atoms with Crippen LogP contribution in [-0.2, 0) is 0 Å². The molecule has 0 aromatic heterocycles. The molecule has 1 aromatic carbocycles. The predicted octanol–water partition coefficient (Wildman–Crippen LogP) is -0.239. The molecule has 4 nitrogen and oxygen atoms in total. The first kappa shape index (κ1) is 11.6. The zero-order chi connectivity index (χ0) is 10.3. The molecular weight excluding hydrogens is 178 g/mol. The van der Waals surface area contributed by atoms with Crippen LogP contribution >= 0.6 is 0 Å². The normalized spacial score (nSPS) is 8.23. The Labute approximate surface area is 74.6 Å². The van der Waals surface area contributed by atoms with Crippen LogP contribution in [0.2, 0.25) is 0 Å². The zero-order valence-corrected chi connectivity index (χ0v) is 6.64. The number of carboxylic acids is 1. The number of halogens is 1. The van der Waals surface area contributed by atoms with Crippen LogP contribution in [0.15, 0.2) is 24.3 Å². The highest BCUT2D eigenvalue weighted by Gasteiger charge is 2.01. The third-order valence-corrected chi connectivity index (χ3v) is 1.07. The lowest BCUT2D eigenvalue weighted by molar-refractivity contribution is 0.0696. The van der Waals surface area contributed by atoms with Crippen molar-refractivity contribution in [2.45, 2.75) is 0 Å². The summed E-state index contributed by atoms with van der Waals surface area (Å²) in [5.74, 6) is -1.64. The van der Waals surface area contributed by atoms with Gasteiger partial charge in [-0.05, 0) is 18.2 Å². The second-order valence-electron chi connectivity index (χ2n) is 1.96. The van der Waals surface area contributed by atoms with Crippen molar-refractivity contribution in [2.24, 2.45) is 0 Å². The van der Waals surface area contributed by atoms with E-state index in [4.69, 9.17) is 15.2 Å². The molecule has 0 bridgehead atoms. The highest BCUT2D eigenvalue weighted by atomic mass is 19.1. The lowest BCUT2D eigenvalue weighted by atomic mass is 10.2. The second-order valence-corrected chi connectivity index (χ2v) is 1.96. The standard InChI is InChI=1S/C7H5FO2.BH3O2/c8-6-3-1-2-5(4-6)7(9)10;2-1-3/h1-4H,(H,9,10);1-3H. The van der Waals surface area contributed by atoms with Crippen molar-refractivity contribution in [1.29, 1.82) is 0 Å². The van der Waals surface area contributed by atoms with Crippen molar-refractivity contribution in [3.63, 3.8) is 0 Å². The fourth-order valence-electron chi connectivity index (χ4n) is 0.622. The van der Waals surface area contributed by atoms with Gasteiger partial charge in [-0.25, -0.2) is 9.18 Å². The number of rotatable bonds is 1. The molecule has 6 heteroatoms. The van der Waals surface area contributed by atoms with E-state index < -0.39 is 19.5 Å². The Bertz CT molecular complexity index is 279. The van der Waals surface area contributed by atoms with Gasteiger partial charge < -0.3 is 15.2 Å². The maximum Gasteiger partial charge on any atom is 0.432 e. The SMILES string of the molecule is O=C(O)c1cccc(F)c1.OBO. The Balaban J connectivity index is 0.000000424. The average molecular weight is 186 g/mol. The van der Waals surface area contributed by atoms with E-state index in [2.05, 4.69) is 0 Å². The molecule has 0 heterocycles. The molecule has 0 saturated heterocycles. The third kappa shape index (κ3) is 4.94. The van der Waals surface area contributed by atoms with E-state index in [1.807, 2.05) is 0 Å². The molecule has 1 aromatic rings. The van der Waals surface area contributed by atoms with Crippen LogP contribution in [0.25, 0.3) is 0 Å². The monoisotopic (exact) mass is 186 g/mol. The van der Waals surface area contributed by atoms with Crippen molar-refractivity contribution >= 4 is 13.7 Å². The topological polar surface area (TPSA) is 77.8 Å². The predicted molar refractivity (Wildman–Crippen MR) is 44.9 cm³/mol. The number of carboxylic acid groups (broad SMARTS) is 1. The molecule has 0 unspecified atom stereocenters. The fourth-order valence-corrected chi connectivity index (χ4v) is 0.622. The molecule has 0 saturated carbocycles. The maximum absolute atomic E-state index is 12.3. The number of hydrogen-bond acceptors (Lipinski definition) is 3. The smallest absolute Gasteiger partial charge is 0.432 e. The second kappa shape index (κ2) is 6.16. The highest BCUT2D eigenvalue weighted by molar-refractivity contribution is 6.13. The van der Waals surface area contributed by atoms with Gasteiger partial charge in [-0.2, -0.15) is 0 Å². The summed E-state index contributed by atoms with van der Waals surface area (Å²) in [6.07, 6.45) is 0. The van der Waals surface area contributed by atoms with Crippen LogP contribution in [0.1, 0.15) is 10.4 Å². The third-order valence-electron chi connectivity index (χ3n) is 1.07. The summed E-state index contributed by atoms with van der Waals surface area (Å²) in [6.45, 7) is 0. The largest absolute Gasteiger partial charge is 0.478 e. The Morgan fingerprint density at radius 2 is 1.92 bits per heavy atom. The van der Waals surface area contributed by atoms with Gasteiger partial charge in [0.1, 0.15) is 5.82 Å². The molecule has 3 N–H and O–H groups in total. The minimum Gasteiger partial charge on any atom is -0.478 e. The zero-order valence-electron chi connectivity index (χ0n) is 6.64. The number of benzene rings is 1. The molecule has 0 aliphatic heterocycles. The van der Waals surface area contributed by atoms with Crippen LogP contribution in [0, 0.1) is 5.82 Å². The van der Waals surface area contributed by atoms with Crippen molar-refractivity contribution in [3.8, 4) is 0 Å². The van der Waals surface area contributed by atoms with E-state index >= 15 is 0 Å². The Morgan fingerprint density at radius 1 is 1.38 bits per heavy atom. The lowest BCUT2D eigenvalue weighted by Gasteiger charge is -1.91. The number of hydrogen-bond donors (Lipinski definition) is 3. The first-order chi connectivity index (χ1) is 6.11. The van der Waals surface area contributed by atoms with Gasteiger partial charge in [0.15, 0.2) is 0 Å². The fraction of sp³-hybridized carbons (Fsp3) is 0. The van der Waals surface area contributed by atoms with Gasteiger partial charge in [-0.3, -0.25) is 0 Å². The highest BCUT2D eigenvalue weighted by Crippen LogP contribution is 2.02. The van der Waals surface area contributed by atoms with Gasteiger partial charge in [-0.15, -0.1) is 0 Å². The molecule has 0 atom stereocenters. The first-order valence-corrected chi connectivity index (χ1v) is 3.32. The van der Waals surface area contributed by atoms with E-state index in [0.29, 0.717) is 0 Å². The minimum absolute atomic E-state index is 0.0278. The molecule has 0 fully saturated rings. The van der Waals surface area contributed by atoms with Gasteiger partial charge in [0.05, 0.1) is 5.56 Å². The van der Waals surface area contributed by atoms with E-state index in [1.54, 1.807) is 0 Å². The van der Waals surface area contributed by atoms with Crippen LogP contribution in [-0.4, -0.2) is 28.8 Å². The first-order valence-electron chi connectivity index (χ1n) is 3.32. The molecule has 70 valence electrons. The maximum atomic E-state index is 12.3. The van der Waals surface area contributed by atoms with Gasteiger partial charge in [0.2, 0.25) is 0 Å². The van der Waals surface area contributed by atoms with Crippen LogP contribution in [0.3, 0.4) is 0 Å². The number of carbonyl (C=O) groups is 1. The summed E-state index contributed by atoms with van der Waals surface area (Å²) in [5, 5.41) is 22.6. The van der Waals surface area contributed by atoms with E-state index in [1.165, 1.54) is 18.2 Å². The molecule has 13 heavy (non-hydrogen) atoms. The summed E-state index contributed by atoms with van der Waals surface area (Å²) in [4.78, 5) is 10.2. The molecular formula is C7H8BFO4. The number of aromatic carboxylic acids is 1. The van der Waals surface area contributed by atoms with Crippen LogP contribution < -0.4 is 0 Å². The molecule has 0 aliphatic rings. The van der Waals surface area contributed by atoms with Gasteiger partial charge in [0, 0.05) is 0 Å². The van der Waals surface area contributed by atoms with Gasteiger partial charge in [0.25, 0.3) is 0 Å². The quantitative estimate of drug-likeness (QED) is 0.529. The van der Waals surface area contributed by atoms with E-state index in [9.17, 15) is 9.18 Å². The lowest BCUT2D eigenvalue weighted by Crippen LogP contribution is -1.95. The van der Waals surface area contributed by atoms with Gasteiger partial charge >= 0.3 is 13.7 Å². The van der Waals surface area contributed by atoms with E-state index in [-0.39, 0.29) is 5.56 Å². The minimum atomic E-state index is -1.11. The van der Waals surface area contributed by atoms with E-state index in [0.717, 1.165) is 6.07 Å². The average Bonchev–Trinajstić information content (AvgIpc) is 2.05. The molecule has 0 amide bonds. The Morgan fingerprint density at radius 3 is 2.23 bits per heavy atom. The molecule has 0 spiro atoms. The molecule has 1 rings (SSSR count). The Hall–Kier alpha value is -1.40. The summed E-state index contributed by atoms with van der Waals surface area (Å²) in [7, 11) is -0.750. The Kier molecular flexibility index (Phi) is 5.50. The van der Waals surface area contributed by atoms with Crippen molar-refractivity contribution in [3.05, 3.63) is 35.6 Å². The van der Waals surface area contributed by atoms with Gasteiger partial charge in [-0.1, -0.05) is 6.07 Å². The summed E-state index contributed by atoms with van der Waals surface area (Å²) in [5.41, 5.74) is -0.0278. The molecule has 0 radical (unpaired) electrons. The van der Waals surface area contributed by atoms with Crippen molar-refractivity contribution < 1.29 is 24.3 Å². The summed E-state index contributed by atoms with van der Waals surface area (Å²) >= 11 is 0. The molecule has 0 aliphatic carbocycles.